The molecule has 0 radical (unpaired) electrons. The van der Waals surface area contributed by atoms with Gasteiger partial charge in [0.05, 0.1) is 34.9 Å². The van der Waals surface area contributed by atoms with Crippen LogP contribution in [0, 0.1) is 0 Å². The molecule has 34 heavy (non-hydrogen) atoms. The van der Waals surface area contributed by atoms with E-state index in [1.165, 1.54) is 23.1 Å². The van der Waals surface area contributed by atoms with Gasteiger partial charge in [-0.3, -0.25) is 9.59 Å². The zero-order valence-electron chi connectivity index (χ0n) is 19.3. The third-order valence-corrected chi connectivity index (χ3v) is 7.32. The number of thioether (sulfide) groups is 1. The molecule has 0 unspecified atom stereocenters. The smallest absolute Gasteiger partial charge is 0.409 e. The van der Waals surface area contributed by atoms with Gasteiger partial charge in [-0.1, -0.05) is 22.9 Å². The van der Waals surface area contributed by atoms with Gasteiger partial charge in [-0.15, -0.1) is 11.8 Å². The van der Waals surface area contributed by atoms with Crippen molar-refractivity contribution in [2.45, 2.75) is 20.4 Å². The summed E-state index contributed by atoms with van der Waals surface area (Å²) in [5.41, 5.74) is 0.949. The molecular formula is C22H29ClN4O5S2. The number of hydrogen-bond acceptors (Lipinski definition) is 7. The molecule has 1 aromatic heterocycles. The zero-order chi connectivity index (χ0) is 24.5. The van der Waals surface area contributed by atoms with E-state index in [0.29, 0.717) is 62.4 Å². The Bertz CT molecular complexity index is 1080. The minimum atomic E-state index is -0.349. The number of carbonyl (C=O) groups is 3. The van der Waals surface area contributed by atoms with Gasteiger partial charge in [-0.2, -0.15) is 4.99 Å². The molecule has 0 saturated carbocycles. The molecule has 3 amide bonds. The van der Waals surface area contributed by atoms with Crippen molar-refractivity contribution < 1.29 is 23.9 Å². The predicted molar refractivity (Wildman–Crippen MR) is 134 cm³/mol. The van der Waals surface area contributed by atoms with E-state index < -0.39 is 0 Å². The van der Waals surface area contributed by atoms with E-state index in [0.717, 1.165) is 10.2 Å². The lowest BCUT2D eigenvalue weighted by atomic mass is 10.3. The number of rotatable bonds is 9. The molecule has 1 aliphatic rings. The number of thiazole rings is 1. The summed E-state index contributed by atoms with van der Waals surface area (Å²) in [6.07, 6.45) is -0.349. The van der Waals surface area contributed by atoms with E-state index in [2.05, 4.69) is 4.99 Å². The van der Waals surface area contributed by atoms with Crippen molar-refractivity contribution in [3.8, 4) is 0 Å². The number of benzene rings is 1. The lowest BCUT2D eigenvalue weighted by molar-refractivity contribution is -0.129. The lowest BCUT2D eigenvalue weighted by Gasteiger charge is -2.34. The quantitative estimate of drug-likeness (QED) is 0.465. The summed E-state index contributed by atoms with van der Waals surface area (Å²) < 4.78 is 13.4. The summed E-state index contributed by atoms with van der Waals surface area (Å²) in [7, 11) is 0. The first-order chi connectivity index (χ1) is 16.4. The van der Waals surface area contributed by atoms with Gasteiger partial charge in [0, 0.05) is 44.4 Å². The number of hydrogen-bond donors (Lipinski definition) is 0. The van der Waals surface area contributed by atoms with E-state index in [-0.39, 0.29) is 29.4 Å². The highest BCUT2D eigenvalue weighted by molar-refractivity contribution is 8.00. The minimum absolute atomic E-state index is 0.0513. The van der Waals surface area contributed by atoms with E-state index in [1.54, 1.807) is 16.7 Å². The molecule has 1 aromatic carbocycles. The van der Waals surface area contributed by atoms with Gasteiger partial charge in [-0.25, -0.2) is 4.79 Å². The molecule has 1 aliphatic heterocycles. The Morgan fingerprint density at radius 1 is 1.09 bits per heavy atom. The molecule has 3 rings (SSSR count). The summed E-state index contributed by atoms with van der Waals surface area (Å²) in [4.78, 5) is 45.0. The fourth-order valence-electron chi connectivity index (χ4n) is 3.46. The standard InChI is InChI=1S/C22H29ClN4O5S2/c1-3-31-12-11-27-17-6-5-16(23)13-18(17)34-21(27)24-19(28)14-33-15-20(29)25-7-9-26(10-8-25)22(30)32-4-2/h5-6,13H,3-4,7-12,14-15H2,1-2H3. The van der Waals surface area contributed by atoms with E-state index in [1.807, 2.05) is 29.7 Å². The van der Waals surface area contributed by atoms with Crippen LogP contribution in [0.2, 0.25) is 5.02 Å². The second kappa shape index (κ2) is 13.1. The number of nitrogens with zero attached hydrogens (tertiary/aromatic N) is 4. The third-order valence-electron chi connectivity index (χ3n) is 5.14. The fraction of sp³-hybridized carbons (Fsp3) is 0.545. The molecule has 0 spiro atoms. The largest absolute Gasteiger partial charge is 0.450 e. The lowest BCUT2D eigenvalue weighted by Crippen LogP contribution is -2.51. The predicted octanol–water partition coefficient (Wildman–Crippen LogP) is 2.85. The Kier molecular flexibility index (Phi) is 10.2. The molecule has 9 nitrogen and oxygen atoms in total. The van der Waals surface area contributed by atoms with Crippen molar-refractivity contribution in [3.63, 3.8) is 0 Å². The first-order valence-electron chi connectivity index (χ1n) is 11.1. The maximum Gasteiger partial charge on any atom is 0.409 e. The van der Waals surface area contributed by atoms with Gasteiger partial charge in [-0.05, 0) is 32.0 Å². The summed E-state index contributed by atoms with van der Waals surface area (Å²) >= 11 is 8.77. The summed E-state index contributed by atoms with van der Waals surface area (Å²) in [5, 5.41) is 0.626. The molecule has 1 saturated heterocycles. The molecular weight excluding hydrogens is 500 g/mol. The van der Waals surface area contributed by atoms with Gasteiger partial charge >= 0.3 is 6.09 Å². The van der Waals surface area contributed by atoms with Crippen LogP contribution in [-0.4, -0.2) is 89.8 Å². The minimum Gasteiger partial charge on any atom is -0.450 e. The van der Waals surface area contributed by atoms with Crippen LogP contribution in [0.4, 0.5) is 4.79 Å². The maximum atomic E-state index is 12.5. The Balaban J connectivity index is 1.55. The molecule has 12 heteroatoms. The number of aromatic nitrogens is 1. The van der Waals surface area contributed by atoms with Crippen molar-refractivity contribution in [3.05, 3.63) is 28.0 Å². The Morgan fingerprint density at radius 3 is 2.53 bits per heavy atom. The zero-order valence-corrected chi connectivity index (χ0v) is 21.7. The van der Waals surface area contributed by atoms with Crippen LogP contribution in [0.1, 0.15) is 13.8 Å². The van der Waals surface area contributed by atoms with Crippen molar-refractivity contribution in [1.82, 2.24) is 14.4 Å². The number of halogens is 1. The Labute approximate surface area is 211 Å². The van der Waals surface area contributed by atoms with E-state index in [9.17, 15) is 14.4 Å². The number of ether oxygens (including phenoxy) is 2. The highest BCUT2D eigenvalue weighted by Crippen LogP contribution is 2.22. The second-order valence-electron chi connectivity index (χ2n) is 7.41. The molecule has 1 fully saturated rings. The first-order valence-corrected chi connectivity index (χ1v) is 13.5. The third kappa shape index (κ3) is 7.21. The van der Waals surface area contributed by atoms with Crippen LogP contribution in [0.25, 0.3) is 10.2 Å². The van der Waals surface area contributed by atoms with Crippen LogP contribution in [0.5, 0.6) is 0 Å². The van der Waals surface area contributed by atoms with E-state index >= 15 is 0 Å². The van der Waals surface area contributed by atoms with Crippen molar-refractivity contribution in [1.29, 1.82) is 0 Å². The van der Waals surface area contributed by atoms with Gasteiger partial charge in [0.1, 0.15) is 0 Å². The number of amides is 3. The van der Waals surface area contributed by atoms with Crippen molar-refractivity contribution >= 4 is 62.8 Å². The van der Waals surface area contributed by atoms with Crippen molar-refractivity contribution in [2.75, 3.05) is 57.5 Å². The van der Waals surface area contributed by atoms with Gasteiger partial charge in [0.25, 0.3) is 5.91 Å². The Morgan fingerprint density at radius 2 is 1.82 bits per heavy atom. The molecule has 0 atom stereocenters. The average molecular weight is 529 g/mol. The van der Waals surface area contributed by atoms with Crippen LogP contribution >= 0.6 is 34.7 Å². The normalized spacial score (nSPS) is 14.6. The van der Waals surface area contributed by atoms with Crippen LogP contribution < -0.4 is 4.80 Å². The van der Waals surface area contributed by atoms with Gasteiger partial charge in [0.15, 0.2) is 4.80 Å². The molecule has 0 N–H and O–H groups in total. The molecule has 186 valence electrons. The van der Waals surface area contributed by atoms with E-state index in [4.69, 9.17) is 21.1 Å². The highest BCUT2D eigenvalue weighted by Gasteiger charge is 2.24. The topological polar surface area (TPSA) is 93.4 Å². The van der Waals surface area contributed by atoms with Gasteiger partial charge in [0.2, 0.25) is 5.91 Å². The SMILES string of the molecule is CCOCCn1c(=NC(=O)CSCC(=O)N2CCN(C(=O)OCC)CC2)sc2cc(Cl)ccc21. The van der Waals surface area contributed by atoms with Crippen LogP contribution in [-0.2, 0) is 25.6 Å². The number of carbonyl (C=O) groups excluding carboxylic acids is 3. The van der Waals surface area contributed by atoms with Crippen molar-refractivity contribution in [2.24, 2.45) is 4.99 Å². The first kappa shape index (κ1) is 26.5. The second-order valence-corrected chi connectivity index (χ2v) is 9.84. The maximum absolute atomic E-state index is 12.5. The number of fused-ring (bicyclic) bond motifs is 1. The highest BCUT2D eigenvalue weighted by atomic mass is 35.5. The number of piperazine rings is 1. The molecule has 2 heterocycles. The molecule has 0 aliphatic carbocycles. The summed E-state index contributed by atoms with van der Waals surface area (Å²) in [6, 6.07) is 5.59. The monoisotopic (exact) mass is 528 g/mol. The summed E-state index contributed by atoms with van der Waals surface area (Å²) in [6.45, 7) is 7.54. The summed E-state index contributed by atoms with van der Waals surface area (Å²) in [5.74, 6) is -0.0560. The average Bonchev–Trinajstić information content (AvgIpc) is 3.15. The Hall–Kier alpha value is -2.08. The fourth-order valence-corrected chi connectivity index (χ4v) is 5.51. The van der Waals surface area contributed by atoms with Crippen LogP contribution in [0.15, 0.2) is 23.2 Å². The van der Waals surface area contributed by atoms with Crippen LogP contribution in [0.3, 0.4) is 0 Å². The van der Waals surface area contributed by atoms with Gasteiger partial charge < -0.3 is 23.8 Å². The molecule has 0 bridgehead atoms. The molecule has 2 aromatic rings.